The summed E-state index contributed by atoms with van der Waals surface area (Å²) in [7, 11) is 0. The number of amides is 1. The second kappa shape index (κ2) is 5.89. The van der Waals surface area contributed by atoms with Gasteiger partial charge in [-0.15, -0.1) is 0 Å². The molecule has 0 radical (unpaired) electrons. The molecule has 2 heterocycles. The molecule has 0 bridgehead atoms. The standard InChI is InChI=1S/C17H17N3O2/c1-3-22-15-6-4-14(5-7-15)19-17(21)13-8-9-20-11-12(2)18-16(20)10-13/h4-11H,3H2,1-2H3,(H,19,21). The van der Waals surface area contributed by atoms with E-state index in [1.165, 1.54) is 0 Å². The van der Waals surface area contributed by atoms with Gasteiger partial charge in [0.1, 0.15) is 11.4 Å². The summed E-state index contributed by atoms with van der Waals surface area (Å²) in [5.41, 5.74) is 2.99. The lowest BCUT2D eigenvalue weighted by Gasteiger charge is -2.07. The van der Waals surface area contributed by atoms with Gasteiger partial charge in [0.15, 0.2) is 0 Å². The highest BCUT2D eigenvalue weighted by Gasteiger charge is 2.08. The summed E-state index contributed by atoms with van der Waals surface area (Å²) in [6, 6.07) is 10.9. The van der Waals surface area contributed by atoms with Crippen LogP contribution in [-0.2, 0) is 0 Å². The molecule has 3 aromatic rings. The highest BCUT2D eigenvalue weighted by atomic mass is 16.5. The fourth-order valence-electron chi connectivity index (χ4n) is 2.25. The van der Waals surface area contributed by atoms with Gasteiger partial charge in [-0.2, -0.15) is 0 Å². The van der Waals surface area contributed by atoms with E-state index in [2.05, 4.69) is 10.3 Å². The zero-order chi connectivity index (χ0) is 15.5. The van der Waals surface area contributed by atoms with Crippen LogP contribution in [0.4, 0.5) is 5.69 Å². The molecular weight excluding hydrogens is 278 g/mol. The molecular formula is C17H17N3O2. The lowest BCUT2D eigenvalue weighted by Crippen LogP contribution is -2.12. The monoisotopic (exact) mass is 295 g/mol. The SMILES string of the molecule is CCOc1ccc(NC(=O)c2ccn3cc(C)nc3c2)cc1. The number of fused-ring (bicyclic) bond motifs is 1. The molecule has 1 aromatic carbocycles. The van der Waals surface area contributed by atoms with Gasteiger partial charge in [0.25, 0.3) is 5.91 Å². The molecule has 0 aliphatic rings. The quantitative estimate of drug-likeness (QED) is 0.803. The first-order chi connectivity index (χ1) is 10.7. The van der Waals surface area contributed by atoms with Gasteiger partial charge in [0, 0.05) is 23.6 Å². The number of nitrogens with zero attached hydrogens (tertiary/aromatic N) is 2. The van der Waals surface area contributed by atoms with Crippen molar-refractivity contribution in [3.63, 3.8) is 0 Å². The Labute approximate surface area is 128 Å². The Balaban J connectivity index is 1.77. The number of hydrogen-bond acceptors (Lipinski definition) is 3. The molecule has 1 amide bonds. The second-order valence-electron chi connectivity index (χ2n) is 4.97. The highest BCUT2D eigenvalue weighted by molar-refractivity contribution is 6.04. The number of rotatable bonds is 4. The molecule has 2 aromatic heterocycles. The van der Waals surface area contributed by atoms with E-state index in [1.54, 1.807) is 12.1 Å². The molecule has 1 N–H and O–H groups in total. The Morgan fingerprint density at radius 2 is 2.05 bits per heavy atom. The summed E-state index contributed by atoms with van der Waals surface area (Å²) in [6.45, 7) is 4.48. The van der Waals surface area contributed by atoms with Gasteiger partial charge >= 0.3 is 0 Å². The van der Waals surface area contributed by atoms with Crippen LogP contribution in [0.3, 0.4) is 0 Å². The molecule has 5 heteroatoms. The van der Waals surface area contributed by atoms with E-state index >= 15 is 0 Å². The van der Waals surface area contributed by atoms with Crippen LogP contribution >= 0.6 is 0 Å². The van der Waals surface area contributed by atoms with Crippen LogP contribution in [0.2, 0.25) is 0 Å². The number of aryl methyl sites for hydroxylation is 1. The van der Waals surface area contributed by atoms with Gasteiger partial charge in [-0.05, 0) is 50.2 Å². The third-order valence-electron chi connectivity index (χ3n) is 3.27. The van der Waals surface area contributed by atoms with Crippen molar-refractivity contribution in [2.75, 3.05) is 11.9 Å². The average Bonchev–Trinajstić information content (AvgIpc) is 2.88. The van der Waals surface area contributed by atoms with Gasteiger partial charge in [0.05, 0.1) is 12.3 Å². The van der Waals surface area contributed by atoms with Crippen LogP contribution in [0.1, 0.15) is 23.0 Å². The van der Waals surface area contributed by atoms with Gasteiger partial charge in [-0.1, -0.05) is 0 Å². The number of carbonyl (C=O) groups is 1. The van der Waals surface area contributed by atoms with Crippen LogP contribution in [0.25, 0.3) is 5.65 Å². The van der Waals surface area contributed by atoms with E-state index < -0.39 is 0 Å². The van der Waals surface area contributed by atoms with Crippen molar-refractivity contribution in [2.45, 2.75) is 13.8 Å². The number of anilines is 1. The van der Waals surface area contributed by atoms with Crippen molar-refractivity contribution in [1.82, 2.24) is 9.38 Å². The first kappa shape index (κ1) is 14.1. The second-order valence-corrected chi connectivity index (χ2v) is 4.97. The number of pyridine rings is 1. The molecule has 3 rings (SSSR count). The molecule has 0 atom stereocenters. The average molecular weight is 295 g/mol. The number of benzene rings is 1. The molecule has 0 saturated heterocycles. The minimum atomic E-state index is -0.160. The Morgan fingerprint density at radius 3 is 2.77 bits per heavy atom. The Hall–Kier alpha value is -2.82. The lowest BCUT2D eigenvalue weighted by molar-refractivity contribution is 0.102. The number of aromatic nitrogens is 2. The molecule has 0 unspecified atom stereocenters. The normalized spacial score (nSPS) is 10.6. The summed E-state index contributed by atoms with van der Waals surface area (Å²) >= 11 is 0. The predicted molar refractivity (Wildman–Crippen MR) is 85.5 cm³/mol. The van der Waals surface area contributed by atoms with E-state index in [0.29, 0.717) is 12.2 Å². The van der Waals surface area contributed by atoms with E-state index in [1.807, 2.05) is 54.9 Å². The van der Waals surface area contributed by atoms with E-state index in [9.17, 15) is 4.79 Å². The van der Waals surface area contributed by atoms with Crippen LogP contribution in [0.5, 0.6) is 5.75 Å². The highest BCUT2D eigenvalue weighted by Crippen LogP contribution is 2.17. The predicted octanol–water partition coefficient (Wildman–Crippen LogP) is 3.29. The summed E-state index contributed by atoms with van der Waals surface area (Å²) in [5, 5.41) is 2.87. The van der Waals surface area contributed by atoms with Crippen LogP contribution in [-0.4, -0.2) is 21.9 Å². The molecule has 0 aliphatic carbocycles. The van der Waals surface area contributed by atoms with E-state index in [4.69, 9.17) is 4.74 Å². The first-order valence-electron chi connectivity index (χ1n) is 7.15. The maximum absolute atomic E-state index is 12.3. The van der Waals surface area contributed by atoms with Crippen LogP contribution < -0.4 is 10.1 Å². The van der Waals surface area contributed by atoms with Gasteiger partial charge in [-0.3, -0.25) is 4.79 Å². The maximum Gasteiger partial charge on any atom is 0.255 e. The summed E-state index contributed by atoms with van der Waals surface area (Å²) in [6.07, 6.45) is 3.76. The van der Waals surface area contributed by atoms with Crippen molar-refractivity contribution in [2.24, 2.45) is 0 Å². The van der Waals surface area contributed by atoms with Crippen molar-refractivity contribution < 1.29 is 9.53 Å². The molecule has 112 valence electrons. The van der Waals surface area contributed by atoms with Crippen molar-refractivity contribution in [1.29, 1.82) is 0 Å². The molecule has 0 saturated carbocycles. The molecule has 0 aliphatic heterocycles. The zero-order valence-electron chi connectivity index (χ0n) is 12.5. The molecule has 0 spiro atoms. The maximum atomic E-state index is 12.3. The zero-order valence-corrected chi connectivity index (χ0v) is 12.5. The summed E-state index contributed by atoms with van der Waals surface area (Å²) in [5.74, 6) is 0.627. The minimum Gasteiger partial charge on any atom is -0.494 e. The fourth-order valence-corrected chi connectivity index (χ4v) is 2.25. The number of carbonyl (C=O) groups excluding carboxylic acids is 1. The molecule has 22 heavy (non-hydrogen) atoms. The minimum absolute atomic E-state index is 0.160. The van der Waals surface area contributed by atoms with Gasteiger partial charge in [0.2, 0.25) is 0 Å². The largest absolute Gasteiger partial charge is 0.494 e. The van der Waals surface area contributed by atoms with Crippen molar-refractivity contribution in [3.05, 3.63) is 60.0 Å². The van der Waals surface area contributed by atoms with E-state index in [-0.39, 0.29) is 5.91 Å². The van der Waals surface area contributed by atoms with Crippen LogP contribution in [0, 0.1) is 6.92 Å². The third kappa shape index (κ3) is 2.93. The number of imidazole rings is 1. The molecule has 5 nitrogen and oxygen atoms in total. The number of nitrogens with one attached hydrogen (secondary N) is 1. The summed E-state index contributed by atoms with van der Waals surface area (Å²) in [4.78, 5) is 16.7. The Kier molecular flexibility index (Phi) is 3.78. The lowest BCUT2D eigenvalue weighted by atomic mass is 10.2. The Bertz CT molecular complexity index is 806. The smallest absolute Gasteiger partial charge is 0.255 e. The Morgan fingerprint density at radius 1 is 1.27 bits per heavy atom. The van der Waals surface area contributed by atoms with Gasteiger partial charge < -0.3 is 14.5 Å². The number of hydrogen-bond donors (Lipinski definition) is 1. The fraction of sp³-hybridized carbons (Fsp3) is 0.176. The van der Waals surface area contributed by atoms with E-state index in [0.717, 1.165) is 22.8 Å². The topological polar surface area (TPSA) is 55.6 Å². The van der Waals surface area contributed by atoms with Crippen molar-refractivity contribution >= 4 is 17.2 Å². The number of ether oxygens (including phenoxy) is 1. The molecule has 0 fully saturated rings. The van der Waals surface area contributed by atoms with Gasteiger partial charge in [-0.25, -0.2) is 4.98 Å². The summed E-state index contributed by atoms with van der Waals surface area (Å²) < 4.78 is 7.27. The van der Waals surface area contributed by atoms with Crippen molar-refractivity contribution in [3.8, 4) is 5.75 Å². The third-order valence-corrected chi connectivity index (χ3v) is 3.27. The van der Waals surface area contributed by atoms with Crippen LogP contribution in [0.15, 0.2) is 48.8 Å². The first-order valence-corrected chi connectivity index (χ1v) is 7.15.